The maximum atomic E-state index is 11.5. The van der Waals surface area contributed by atoms with E-state index in [1.54, 1.807) is 17.6 Å². The smallest absolute Gasteiger partial charge is 0.274 e. The molecule has 0 bridgehead atoms. The van der Waals surface area contributed by atoms with Gasteiger partial charge in [0, 0.05) is 29.4 Å². The van der Waals surface area contributed by atoms with Crippen molar-refractivity contribution >= 4 is 5.91 Å². The highest BCUT2D eigenvalue weighted by molar-refractivity contribution is 5.93. The first kappa shape index (κ1) is 16.5. The van der Waals surface area contributed by atoms with Crippen molar-refractivity contribution in [3.05, 3.63) is 58.5 Å². The standard InChI is InChI=1S/C19H21N5O2/c1-3-23-11-16-17(21-23)9-8-15-12(2)20-24(18(15)16)10-13-4-6-14(7-5-13)19(25)22-26/h4-7,11,26H,3,8-10H2,1-2H3,(H,22,25). The number of aryl methyl sites for hydroxylation is 3. The summed E-state index contributed by atoms with van der Waals surface area (Å²) in [5, 5.41) is 18.2. The zero-order chi connectivity index (χ0) is 18.3. The monoisotopic (exact) mass is 351 g/mol. The molecule has 0 radical (unpaired) electrons. The summed E-state index contributed by atoms with van der Waals surface area (Å²) in [7, 11) is 0. The van der Waals surface area contributed by atoms with Gasteiger partial charge in [0.2, 0.25) is 0 Å². The number of aromatic nitrogens is 4. The third-order valence-electron chi connectivity index (χ3n) is 4.93. The van der Waals surface area contributed by atoms with Crippen LogP contribution in [0, 0.1) is 6.92 Å². The van der Waals surface area contributed by atoms with E-state index in [4.69, 9.17) is 10.3 Å². The topological polar surface area (TPSA) is 85.0 Å². The average Bonchev–Trinajstić information content (AvgIpc) is 3.22. The molecule has 3 aromatic rings. The van der Waals surface area contributed by atoms with Crippen molar-refractivity contribution in [2.24, 2.45) is 0 Å². The van der Waals surface area contributed by atoms with Gasteiger partial charge >= 0.3 is 0 Å². The van der Waals surface area contributed by atoms with E-state index in [2.05, 4.69) is 25.1 Å². The van der Waals surface area contributed by atoms with Gasteiger partial charge in [-0.1, -0.05) is 12.1 Å². The minimum absolute atomic E-state index is 0.418. The van der Waals surface area contributed by atoms with Crippen molar-refractivity contribution < 1.29 is 10.0 Å². The van der Waals surface area contributed by atoms with Crippen LogP contribution in [0.1, 0.15) is 39.8 Å². The number of hydrogen-bond acceptors (Lipinski definition) is 4. The van der Waals surface area contributed by atoms with Crippen molar-refractivity contribution in [1.82, 2.24) is 25.0 Å². The Morgan fingerprint density at radius 1 is 1.23 bits per heavy atom. The first-order valence-electron chi connectivity index (χ1n) is 8.77. The van der Waals surface area contributed by atoms with Crippen molar-refractivity contribution in [1.29, 1.82) is 0 Å². The highest BCUT2D eigenvalue weighted by Gasteiger charge is 2.26. The van der Waals surface area contributed by atoms with Crippen LogP contribution in [0.5, 0.6) is 0 Å². The second-order valence-corrected chi connectivity index (χ2v) is 6.55. The maximum Gasteiger partial charge on any atom is 0.274 e. The van der Waals surface area contributed by atoms with Crippen molar-refractivity contribution in [2.45, 2.75) is 39.8 Å². The Hall–Kier alpha value is -2.93. The van der Waals surface area contributed by atoms with E-state index in [-0.39, 0.29) is 0 Å². The largest absolute Gasteiger partial charge is 0.288 e. The fourth-order valence-electron chi connectivity index (χ4n) is 3.58. The van der Waals surface area contributed by atoms with Crippen LogP contribution < -0.4 is 5.48 Å². The summed E-state index contributed by atoms with van der Waals surface area (Å²) < 4.78 is 4.01. The summed E-state index contributed by atoms with van der Waals surface area (Å²) in [5.74, 6) is -0.513. The van der Waals surface area contributed by atoms with Crippen LogP contribution in [-0.2, 0) is 25.9 Å². The fourth-order valence-corrected chi connectivity index (χ4v) is 3.58. The highest BCUT2D eigenvalue weighted by atomic mass is 16.5. The van der Waals surface area contributed by atoms with Gasteiger partial charge in [0.15, 0.2) is 0 Å². The second-order valence-electron chi connectivity index (χ2n) is 6.55. The first-order chi connectivity index (χ1) is 12.6. The third kappa shape index (κ3) is 2.70. The maximum absolute atomic E-state index is 11.5. The van der Waals surface area contributed by atoms with Gasteiger partial charge in [-0.15, -0.1) is 0 Å². The fraction of sp³-hybridized carbons (Fsp3) is 0.316. The molecule has 0 fully saturated rings. The van der Waals surface area contributed by atoms with Gasteiger partial charge in [0.1, 0.15) is 0 Å². The Kier molecular flexibility index (Phi) is 4.08. The Bertz CT molecular complexity index is 969. The summed E-state index contributed by atoms with van der Waals surface area (Å²) >= 11 is 0. The van der Waals surface area contributed by atoms with E-state index >= 15 is 0 Å². The first-order valence-corrected chi connectivity index (χ1v) is 8.77. The molecule has 1 aromatic carbocycles. The molecule has 0 unspecified atom stereocenters. The molecule has 0 aliphatic heterocycles. The highest BCUT2D eigenvalue weighted by Crippen LogP contribution is 2.35. The van der Waals surface area contributed by atoms with Crippen LogP contribution in [0.2, 0.25) is 0 Å². The molecule has 1 amide bonds. The number of benzene rings is 1. The number of fused-ring (bicyclic) bond motifs is 3. The number of carbonyl (C=O) groups is 1. The zero-order valence-corrected chi connectivity index (χ0v) is 14.9. The number of nitrogens with zero attached hydrogens (tertiary/aromatic N) is 4. The SMILES string of the molecule is CCn1cc2c(n1)CCc1c(C)nn(Cc3ccc(C(=O)NO)cc3)c1-2. The normalized spacial score (nSPS) is 12.6. The lowest BCUT2D eigenvalue weighted by Crippen LogP contribution is -2.18. The molecule has 134 valence electrons. The molecular weight excluding hydrogens is 330 g/mol. The molecule has 0 atom stereocenters. The third-order valence-corrected chi connectivity index (χ3v) is 4.93. The van der Waals surface area contributed by atoms with Gasteiger partial charge in [-0.3, -0.25) is 19.4 Å². The average molecular weight is 351 g/mol. The predicted octanol–water partition coefficient (Wildman–Crippen LogP) is 2.34. The van der Waals surface area contributed by atoms with Crippen LogP contribution in [0.3, 0.4) is 0 Å². The summed E-state index contributed by atoms with van der Waals surface area (Å²) in [4.78, 5) is 11.5. The number of hydrogen-bond donors (Lipinski definition) is 2. The quantitative estimate of drug-likeness (QED) is 0.558. The van der Waals surface area contributed by atoms with Crippen molar-refractivity contribution in [3.8, 4) is 11.3 Å². The van der Waals surface area contributed by atoms with Crippen LogP contribution in [0.4, 0.5) is 0 Å². The van der Waals surface area contributed by atoms with Crippen molar-refractivity contribution in [3.63, 3.8) is 0 Å². The molecule has 7 nitrogen and oxygen atoms in total. The number of amides is 1. The molecule has 2 aromatic heterocycles. The van der Waals surface area contributed by atoms with E-state index in [9.17, 15) is 4.79 Å². The predicted molar refractivity (Wildman–Crippen MR) is 96.1 cm³/mol. The molecule has 2 heterocycles. The van der Waals surface area contributed by atoms with Gasteiger partial charge in [0.25, 0.3) is 5.91 Å². The summed E-state index contributed by atoms with van der Waals surface area (Å²) in [6.45, 7) is 5.61. The Morgan fingerprint density at radius 2 is 2.00 bits per heavy atom. The molecule has 2 N–H and O–H groups in total. The van der Waals surface area contributed by atoms with Crippen molar-refractivity contribution in [2.75, 3.05) is 0 Å². The molecule has 0 spiro atoms. The van der Waals surface area contributed by atoms with Crippen LogP contribution in [0.15, 0.2) is 30.5 Å². The minimum atomic E-state index is -0.513. The Balaban J connectivity index is 1.70. The van der Waals surface area contributed by atoms with Gasteiger partial charge in [0.05, 0.1) is 23.6 Å². The molecule has 0 saturated heterocycles. The zero-order valence-electron chi connectivity index (χ0n) is 14.9. The minimum Gasteiger partial charge on any atom is -0.288 e. The van der Waals surface area contributed by atoms with Gasteiger partial charge in [-0.2, -0.15) is 10.2 Å². The number of nitrogens with one attached hydrogen (secondary N) is 1. The molecule has 26 heavy (non-hydrogen) atoms. The van der Waals surface area contributed by atoms with Crippen LogP contribution in [0.25, 0.3) is 11.3 Å². The molecule has 1 aliphatic rings. The number of rotatable bonds is 4. The lowest BCUT2D eigenvalue weighted by molar-refractivity contribution is 0.0706. The van der Waals surface area contributed by atoms with Crippen LogP contribution >= 0.6 is 0 Å². The van der Waals surface area contributed by atoms with E-state index in [0.717, 1.165) is 42.0 Å². The van der Waals surface area contributed by atoms with E-state index in [1.807, 2.05) is 21.5 Å². The lowest BCUT2D eigenvalue weighted by Gasteiger charge is -2.14. The second kappa shape index (κ2) is 6.42. The number of carbonyl (C=O) groups excluding carboxylic acids is 1. The van der Waals surface area contributed by atoms with Gasteiger partial charge in [-0.25, -0.2) is 5.48 Å². The van der Waals surface area contributed by atoms with Gasteiger partial charge in [-0.05, 0) is 44.4 Å². The van der Waals surface area contributed by atoms with E-state index < -0.39 is 5.91 Å². The summed E-state index contributed by atoms with van der Waals surface area (Å²) in [6.07, 6.45) is 4.02. The van der Waals surface area contributed by atoms with Crippen LogP contribution in [-0.4, -0.2) is 30.7 Å². The van der Waals surface area contributed by atoms with E-state index in [1.165, 1.54) is 11.1 Å². The Morgan fingerprint density at radius 3 is 2.69 bits per heavy atom. The molecule has 7 heteroatoms. The Labute approximate surface area is 151 Å². The lowest BCUT2D eigenvalue weighted by atomic mass is 9.94. The molecule has 4 rings (SSSR count). The number of hydroxylamine groups is 1. The molecule has 0 saturated carbocycles. The molecule has 1 aliphatic carbocycles. The van der Waals surface area contributed by atoms with Gasteiger partial charge < -0.3 is 0 Å². The molecular formula is C19H21N5O2. The summed E-state index contributed by atoms with van der Waals surface area (Å²) in [5.41, 5.74) is 8.92. The summed E-state index contributed by atoms with van der Waals surface area (Å²) in [6, 6.07) is 7.16. The van der Waals surface area contributed by atoms with E-state index in [0.29, 0.717) is 12.1 Å².